The summed E-state index contributed by atoms with van der Waals surface area (Å²) >= 11 is 0. The van der Waals surface area contributed by atoms with E-state index in [1.807, 2.05) is 11.8 Å². The molecule has 0 aliphatic carbocycles. The number of nitro groups is 1. The van der Waals surface area contributed by atoms with Crippen LogP contribution in [0.3, 0.4) is 0 Å². The van der Waals surface area contributed by atoms with Crippen molar-refractivity contribution >= 4 is 17.3 Å². The zero-order valence-corrected chi connectivity index (χ0v) is 13.4. The van der Waals surface area contributed by atoms with Crippen LogP contribution in [-0.2, 0) is 4.79 Å². The fourth-order valence-corrected chi connectivity index (χ4v) is 2.08. The molecule has 1 amide bonds. The van der Waals surface area contributed by atoms with Crippen molar-refractivity contribution in [3.8, 4) is 0 Å². The smallest absolute Gasteiger partial charge is 0.271 e. The Morgan fingerprint density at radius 1 is 1.45 bits per heavy atom. The molecular formula is C15H23N3O4. The second kappa shape index (κ2) is 7.33. The molecular weight excluding hydrogens is 286 g/mol. The Bertz CT molecular complexity index is 552. The summed E-state index contributed by atoms with van der Waals surface area (Å²) in [5.41, 5.74) is 0.227. The van der Waals surface area contributed by atoms with Crippen LogP contribution in [0.5, 0.6) is 0 Å². The number of nitro benzene ring substituents is 1. The van der Waals surface area contributed by atoms with Crippen molar-refractivity contribution in [2.24, 2.45) is 0 Å². The zero-order chi connectivity index (χ0) is 16.9. The van der Waals surface area contributed by atoms with Gasteiger partial charge in [-0.2, -0.15) is 0 Å². The molecule has 122 valence electrons. The number of nitrogens with zero attached hydrogens (tertiary/aromatic N) is 2. The Morgan fingerprint density at radius 2 is 2.09 bits per heavy atom. The van der Waals surface area contributed by atoms with E-state index in [1.54, 1.807) is 26.8 Å². The molecule has 0 radical (unpaired) electrons. The Balaban J connectivity index is 2.76. The molecule has 0 heterocycles. The molecule has 22 heavy (non-hydrogen) atoms. The molecule has 0 saturated heterocycles. The van der Waals surface area contributed by atoms with Crippen LogP contribution in [-0.4, -0.2) is 46.1 Å². The number of aliphatic hydroxyl groups is 1. The van der Waals surface area contributed by atoms with Crippen LogP contribution in [0.25, 0.3) is 0 Å². The van der Waals surface area contributed by atoms with Crippen molar-refractivity contribution < 1.29 is 14.8 Å². The van der Waals surface area contributed by atoms with Crippen LogP contribution in [0.15, 0.2) is 18.2 Å². The van der Waals surface area contributed by atoms with Gasteiger partial charge in [0.15, 0.2) is 0 Å². The summed E-state index contributed by atoms with van der Waals surface area (Å²) in [6, 6.07) is 4.35. The Morgan fingerprint density at radius 3 is 2.59 bits per heavy atom. The van der Waals surface area contributed by atoms with Crippen LogP contribution >= 0.6 is 0 Å². The molecule has 7 heteroatoms. The van der Waals surface area contributed by atoms with Crippen molar-refractivity contribution in [1.29, 1.82) is 0 Å². The molecule has 0 aromatic heterocycles. The van der Waals surface area contributed by atoms with Gasteiger partial charge in [-0.1, -0.05) is 13.0 Å². The number of nitrogens with one attached hydrogen (secondary N) is 1. The van der Waals surface area contributed by atoms with Gasteiger partial charge in [0.2, 0.25) is 5.91 Å². The summed E-state index contributed by atoms with van der Waals surface area (Å²) in [5, 5.41) is 23.3. The molecule has 2 N–H and O–H groups in total. The maximum Gasteiger partial charge on any atom is 0.271 e. The van der Waals surface area contributed by atoms with Crippen LogP contribution in [0.4, 0.5) is 11.4 Å². The van der Waals surface area contributed by atoms with E-state index in [2.05, 4.69) is 5.32 Å². The van der Waals surface area contributed by atoms with E-state index in [0.717, 1.165) is 5.56 Å². The lowest BCUT2D eigenvalue weighted by Gasteiger charge is -2.27. The Hall–Kier alpha value is -1.99. The third-order valence-corrected chi connectivity index (χ3v) is 3.13. The van der Waals surface area contributed by atoms with Gasteiger partial charge in [0.1, 0.15) is 0 Å². The predicted octanol–water partition coefficient (Wildman–Crippen LogP) is 1.93. The molecule has 0 fully saturated rings. The minimum atomic E-state index is -0.891. The third kappa shape index (κ3) is 5.79. The summed E-state index contributed by atoms with van der Waals surface area (Å²) in [7, 11) is 0. The van der Waals surface area contributed by atoms with Gasteiger partial charge in [0.05, 0.1) is 22.8 Å². The SMILES string of the molecule is CCN(CC(=O)Nc1cc([N+](=O)[O-])ccc1C)CC(C)(C)O. The highest BCUT2D eigenvalue weighted by Crippen LogP contribution is 2.21. The lowest BCUT2D eigenvalue weighted by Crippen LogP contribution is -2.42. The van der Waals surface area contributed by atoms with Crippen molar-refractivity contribution in [3.63, 3.8) is 0 Å². The average Bonchev–Trinajstić information content (AvgIpc) is 2.38. The molecule has 1 aromatic rings. The highest BCUT2D eigenvalue weighted by atomic mass is 16.6. The van der Waals surface area contributed by atoms with Gasteiger partial charge in [-0.3, -0.25) is 19.8 Å². The monoisotopic (exact) mass is 309 g/mol. The molecule has 1 aromatic carbocycles. The van der Waals surface area contributed by atoms with Crippen LogP contribution < -0.4 is 5.32 Å². The predicted molar refractivity (Wildman–Crippen MR) is 84.9 cm³/mol. The van der Waals surface area contributed by atoms with Gasteiger partial charge >= 0.3 is 0 Å². The molecule has 0 atom stereocenters. The van der Waals surface area contributed by atoms with Crippen LogP contribution in [0.2, 0.25) is 0 Å². The normalized spacial score (nSPS) is 11.5. The van der Waals surface area contributed by atoms with E-state index >= 15 is 0 Å². The van der Waals surface area contributed by atoms with Gasteiger partial charge in [-0.15, -0.1) is 0 Å². The molecule has 7 nitrogen and oxygen atoms in total. The number of benzene rings is 1. The number of carbonyl (C=O) groups excluding carboxylic acids is 1. The summed E-state index contributed by atoms with van der Waals surface area (Å²) in [6.07, 6.45) is 0. The number of rotatable bonds is 7. The first kappa shape index (κ1) is 18.1. The first-order valence-electron chi connectivity index (χ1n) is 7.12. The maximum absolute atomic E-state index is 12.1. The van der Waals surface area contributed by atoms with Crippen LogP contribution in [0.1, 0.15) is 26.3 Å². The van der Waals surface area contributed by atoms with E-state index in [0.29, 0.717) is 18.8 Å². The summed E-state index contributed by atoms with van der Waals surface area (Å²) < 4.78 is 0. The number of carbonyl (C=O) groups is 1. The van der Waals surface area contributed by atoms with Crippen molar-refractivity contribution in [3.05, 3.63) is 33.9 Å². The Labute approximate surface area is 130 Å². The van der Waals surface area contributed by atoms with E-state index < -0.39 is 10.5 Å². The first-order valence-corrected chi connectivity index (χ1v) is 7.12. The van der Waals surface area contributed by atoms with E-state index in [1.165, 1.54) is 12.1 Å². The minimum Gasteiger partial charge on any atom is -0.389 e. The number of anilines is 1. The number of hydrogen-bond acceptors (Lipinski definition) is 5. The number of likely N-dealkylation sites (N-methyl/N-ethyl adjacent to an activating group) is 1. The second-order valence-corrected chi connectivity index (χ2v) is 5.92. The van der Waals surface area contributed by atoms with Gasteiger partial charge in [-0.25, -0.2) is 0 Å². The van der Waals surface area contributed by atoms with Crippen molar-refractivity contribution in [2.75, 3.05) is 25.0 Å². The number of aryl methyl sites for hydroxylation is 1. The Kier molecular flexibility index (Phi) is 6.01. The highest BCUT2D eigenvalue weighted by molar-refractivity contribution is 5.93. The van der Waals surface area contributed by atoms with Crippen LogP contribution in [0, 0.1) is 17.0 Å². The largest absolute Gasteiger partial charge is 0.389 e. The fourth-order valence-electron chi connectivity index (χ4n) is 2.08. The molecule has 0 unspecified atom stereocenters. The quantitative estimate of drug-likeness (QED) is 0.592. The van der Waals surface area contributed by atoms with Gasteiger partial charge in [0, 0.05) is 18.7 Å². The number of non-ortho nitro benzene ring substituents is 1. The second-order valence-electron chi connectivity index (χ2n) is 5.92. The number of hydrogen-bond donors (Lipinski definition) is 2. The molecule has 1 rings (SSSR count). The lowest BCUT2D eigenvalue weighted by atomic mass is 10.1. The molecule has 0 saturated carbocycles. The van der Waals surface area contributed by atoms with Gasteiger partial charge in [0.25, 0.3) is 5.69 Å². The lowest BCUT2D eigenvalue weighted by molar-refractivity contribution is -0.384. The van der Waals surface area contributed by atoms with Gasteiger partial charge < -0.3 is 10.4 Å². The standard InChI is InChI=1S/C15H23N3O4/c1-5-17(10-15(3,4)20)9-14(19)16-13-8-12(18(21)22)7-6-11(13)2/h6-8,20H,5,9-10H2,1-4H3,(H,16,19). The van der Waals surface area contributed by atoms with E-state index in [9.17, 15) is 20.0 Å². The summed E-state index contributed by atoms with van der Waals surface area (Å²) in [4.78, 5) is 24.2. The topological polar surface area (TPSA) is 95.7 Å². The minimum absolute atomic E-state index is 0.0651. The molecule has 0 aliphatic heterocycles. The average molecular weight is 309 g/mol. The first-order chi connectivity index (χ1) is 10.1. The molecule has 0 bridgehead atoms. The maximum atomic E-state index is 12.1. The highest BCUT2D eigenvalue weighted by Gasteiger charge is 2.19. The fraction of sp³-hybridized carbons (Fsp3) is 0.533. The zero-order valence-electron chi connectivity index (χ0n) is 13.4. The van der Waals surface area contributed by atoms with E-state index in [4.69, 9.17) is 0 Å². The summed E-state index contributed by atoms with van der Waals surface area (Å²) in [5.74, 6) is -0.269. The number of amides is 1. The van der Waals surface area contributed by atoms with Crippen molar-refractivity contribution in [1.82, 2.24) is 4.90 Å². The van der Waals surface area contributed by atoms with Crippen molar-refractivity contribution in [2.45, 2.75) is 33.3 Å². The summed E-state index contributed by atoms with van der Waals surface area (Å²) in [6.45, 7) is 8.13. The molecule has 0 aliphatic rings. The third-order valence-electron chi connectivity index (χ3n) is 3.13. The van der Waals surface area contributed by atoms with Gasteiger partial charge in [-0.05, 0) is 32.9 Å². The molecule has 0 spiro atoms. The van der Waals surface area contributed by atoms with E-state index in [-0.39, 0.29) is 18.1 Å².